The maximum atomic E-state index is 13.5. The molecule has 0 bridgehead atoms. The second-order valence-corrected chi connectivity index (χ2v) is 8.44. The monoisotopic (exact) mass is 468 g/mol. The lowest BCUT2D eigenvalue weighted by molar-refractivity contribution is -0.119. The lowest BCUT2D eigenvalue weighted by Crippen LogP contribution is -2.44. The normalized spacial score (nSPS) is 11.2. The van der Waals surface area contributed by atoms with Gasteiger partial charge in [-0.15, -0.1) is 0 Å². The molecule has 0 spiro atoms. The molecule has 2 heterocycles. The summed E-state index contributed by atoms with van der Waals surface area (Å²) in [6, 6.07) is 9.32. The van der Waals surface area contributed by atoms with Gasteiger partial charge in [0.2, 0.25) is 5.91 Å². The first kappa shape index (κ1) is 25.0. The molecular weight excluding hydrogens is 436 g/mol. The predicted molar refractivity (Wildman–Crippen MR) is 131 cm³/mol. The van der Waals surface area contributed by atoms with Gasteiger partial charge < -0.3 is 10.3 Å². The minimum absolute atomic E-state index is 0.0140. The van der Waals surface area contributed by atoms with Crippen molar-refractivity contribution in [2.45, 2.75) is 53.2 Å². The molecule has 2 aromatic heterocycles. The Balaban J connectivity index is 1.96. The molecular formula is C24H32N6O4. The van der Waals surface area contributed by atoms with Gasteiger partial charge in [0.15, 0.2) is 5.69 Å². The average Bonchev–Trinajstić information content (AvgIpc) is 3.10. The van der Waals surface area contributed by atoms with Gasteiger partial charge in [-0.2, -0.15) is 0 Å². The molecule has 0 fully saturated rings. The number of hydrogen-bond acceptors (Lipinski definition) is 7. The Kier molecular flexibility index (Phi) is 8.06. The van der Waals surface area contributed by atoms with E-state index in [1.807, 2.05) is 56.0 Å². The van der Waals surface area contributed by atoms with Gasteiger partial charge in [-0.1, -0.05) is 48.8 Å². The second-order valence-electron chi connectivity index (χ2n) is 8.44. The van der Waals surface area contributed by atoms with Gasteiger partial charge >= 0.3 is 5.69 Å². The van der Waals surface area contributed by atoms with Crippen LogP contribution in [-0.4, -0.2) is 39.1 Å². The zero-order valence-corrected chi connectivity index (χ0v) is 20.1. The molecule has 3 aromatic rings. The third-order valence-corrected chi connectivity index (χ3v) is 5.72. The molecule has 10 heteroatoms. The predicted octanol–water partition coefficient (Wildman–Crippen LogP) is 2.19. The number of anilines is 2. The fraction of sp³-hybridized carbons (Fsp3) is 0.417. The number of nitrogen functional groups attached to an aromatic ring is 1. The Labute approximate surface area is 198 Å². The van der Waals surface area contributed by atoms with Crippen LogP contribution in [0.15, 0.2) is 44.4 Å². The molecule has 10 nitrogen and oxygen atoms in total. The Bertz CT molecular complexity index is 1230. The van der Waals surface area contributed by atoms with Crippen LogP contribution in [0.25, 0.3) is 0 Å². The molecule has 0 aliphatic heterocycles. The fourth-order valence-corrected chi connectivity index (χ4v) is 3.80. The van der Waals surface area contributed by atoms with E-state index in [9.17, 15) is 14.4 Å². The zero-order valence-electron chi connectivity index (χ0n) is 20.1. The minimum Gasteiger partial charge on any atom is -0.383 e. The molecule has 3 N–H and O–H groups in total. The van der Waals surface area contributed by atoms with Crippen molar-refractivity contribution in [1.29, 1.82) is 0 Å². The molecule has 1 aromatic carbocycles. The number of benzene rings is 1. The number of nitrogens with two attached hydrogens (primary N) is 1. The van der Waals surface area contributed by atoms with Crippen LogP contribution in [0.5, 0.6) is 0 Å². The summed E-state index contributed by atoms with van der Waals surface area (Å²) in [4.78, 5) is 44.3. The first-order chi connectivity index (χ1) is 16.2. The van der Waals surface area contributed by atoms with Gasteiger partial charge in [0, 0.05) is 18.7 Å². The van der Waals surface area contributed by atoms with Gasteiger partial charge in [0.1, 0.15) is 11.6 Å². The number of aromatic amines is 1. The smallest absolute Gasteiger partial charge is 0.330 e. The third-order valence-electron chi connectivity index (χ3n) is 5.72. The van der Waals surface area contributed by atoms with E-state index in [1.165, 1.54) is 9.47 Å². The van der Waals surface area contributed by atoms with Crippen LogP contribution in [0.3, 0.4) is 0 Å². The molecule has 0 atom stereocenters. The maximum Gasteiger partial charge on any atom is 0.330 e. The van der Waals surface area contributed by atoms with Crippen molar-refractivity contribution in [1.82, 2.24) is 19.6 Å². The number of likely N-dealkylation sites (N-methyl/N-ethyl adjacent to an activating group) is 1. The van der Waals surface area contributed by atoms with Crippen LogP contribution < -0.4 is 21.9 Å². The highest BCUT2D eigenvalue weighted by Crippen LogP contribution is 2.21. The topological polar surface area (TPSA) is 130 Å². The van der Waals surface area contributed by atoms with Crippen molar-refractivity contribution in [2.75, 3.05) is 24.2 Å². The molecule has 0 saturated carbocycles. The van der Waals surface area contributed by atoms with E-state index in [0.717, 1.165) is 23.2 Å². The number of carbonyl (C=O) groups is 1. The van der Waals surface area contributed by atoms with Crippen molar-refractivity contribution >= 4 is 17.4 Å². The first-order valence-electron chi connectivity index (χ1n) is 11.3. The fourth-order valence-electron chi connectivity index (χ4n) is 3.80. The van der Waals surface area contributed by atoms with Crippen molar-refractivity contribution in [2.24, 2.45) is 0 Å². The Morgan fingerprint density at radius 1 is 1.18 bits per heavy atom. The summed E-state index contributed by atoms with van der Waals surface area (Å²) in [5.41, 5.74) is 7.53. The number of unbranched alkanes of at least 4 members (excludes halogenated alkanes) is 1. The van der Waals surface area contributed by atoms with E-state index >= 15 is 0 Å². The number of carbonyl (C=O) groups excluding carboxylic acids is 1. The number of rotatable bonds is 10. The summed E-state index contributed by atoms with van der Waals surface area (Å²) in [5.74, 6) is 0.359. The zero-order chi connectivity index (χ0) is 24.8. The molecule has 34 heavy (non-hydrogen) atoms. The van der Waals surface area contributed by atoms with E-state index < -0.39 is 11.2 Å². The number of nitrogens with one attached hydrogen (secondary N) is 1. The van der Waals surface area contributed by atoms with Crippen molar-refractivity contribution in [3.63, 3.8) is 0 Å². The molecule has 0 unspecified atom stereocenters. The van der Waals surface area contributed by atoms with Crippen LogP contribution >= 0.6 is 0 Å². The summed E-state index contributed by atoms with van der Waals surface area (Å²) in [6.07, 6.45) is 1.56. The lowest BCUT2D eigenvalue weighted by Gasteiger charge is -2.27. The van der Waals surface area contributed by atoms with Gasteiger partial charge in [-0.05, 0) is 32.9 Å². The summed E-state index contributed by atoms with van der Waals surface area (Å²) in [7, 11) is 1.81. The largest absolute Gasteiger partial charge is 0.383 e. The van der Waals surface area contributed by atoms with E-state index in [1.54, 1.807) is 7.05 Å². The molecule has 1 amide bonds. The van der Waals surface area contributed by atoms with Crippen LogP contribution in [0.2, 0.25) is 0 Å². The highest BCUT2D eigenvalue weighted by molar-refractivity contribution is 5.96. The lowest BCUT2D eigenvalue weighted by atomic mass is 10.2. The van der Waals surface area contributed by atoms with Crippen molar-refractivity contribution in [3.8, 4) is 0 Å². The molecule has 3 rings (SSSR count). The van der Waals surface area contributed by atoms with Crippen LogP contribution in [0, 0.1) is 13.8 Å². The van der Waals surface area contributed by atoms with Crippen LogP contribution in [-0.2, 0) is 24.4 Å². The molecule has 0 saturated heterocycles. The van der Waals surface area contributed by atoms with Crippen LogP contribution in [0.4, 0.5) is 11.5 Å². The molecule has 0 aliphatic carbocycles. The third kappa shape index (κ3) is 5.63. The minimum atomic E-state index is -0.687. The number of hydrogen-bond donors (Lipinski definition) is 2. The van der Waals surface area contributed by atoms with Crippen LogP contribution in [0.1, 0.15) is 42.3 Å². The average molecular weight is 469 g/mol. The summed E-state index contributed by atoms with van der Waals surface area (Å²) in [6.45, 7) is 6.63. The van der Waals surface area contributed by atoms with Gasteiger partial charge in [0.05, 0.1) is 18.8 Å². The summed E-state index contributed by atoms with van der Waals surface area (Å²) in [5, 5.41) is 3.96. The van der Waals surface area contributed by atoms with E-state index in [0.29, 0.717) is 25.3 Å². The number of amides is 1. The highest BCUT2D eigenvalue weighted by atomic mass is 16.5. The van der Waals surface area contributed by atoms with Crippen molar-refractivity contribution < 1.29 is 9.32 Å². The van der Waals surface area contributed by atoms with E-state index in [4.69, 9.17) is 10.3 Å². The number of H-pyrrole nitrogens is 1. The molecule has 0 radical (unpaired) electrons. The Hall–Kier alpha value is -3.66. The quantitative estimate of drug-likeness (QED) is 0.466. The number of nitrogens with zero attached hydrogens (tertiary/aromatic N) is 4. The molecule has 182 valence electrons. The first-order valence-corrected chi connectivity index (χ1v) is 11.3. The second kappa shape index (κ2) is 11.0. The maximum absolute atomic E-state index is 13.5. The van der Waals surface area contributed by atoms with Crippen molar-refractivity contribution in [3.05, 3.63) is 73.8 Å². The standard InChI is InChI=1S/C24H32N6O4/c1-5-6-12-29-22(25)21(23(32)26-24(29)33)30(13-18-10-8-7-9-11-18)20(31)15-28(4)14-19-16(2)27-34-17(19)3/h7-11H,5-6,12-15,25H2,1-4H3,(H,26,32,33). The Morgan fingerprint density at radius 3 is 2.50 bits per heavy atom. The van der Waals surface area contributed by atoms with E-state index in [-0.39, 0.29) is 30.5 Å². The SMILES string of the molecule is CCCCn1c(N)c(N(Cc2ccccc2)C(=O)CN(C)Cc2c(C)noc2C)c(=O)[nH]c1=O. The number of aryl methyl sites for hydroxylation is 2. The summed E-state index contributed by atoms with van der Waals surface area (Å²) < 4.78 is 6.54. The number of aromatic nitrogens is 3. The van der Waals surface area contributed by atoms with Gasteiger partial charge in [0.25, 0.3) is 5.56 Å². The van der Waals surface area contributed by atoms with E-state index in [2.05, 4.69) is 10.1 Å². The Morgan fingerprint density at radius 2 is 1.88 bits per heavy atom. The van der Waals surface area contributed by atoms with Gasteiger partial charge in [-0.3, -0.25) is 28.9 Å². The summed E-state index contributed by atoms with van der Waals surface area (Å²) >= 11 is 0. The highest BCUT2D eigenvalue weighted by Gasteiger charge is 2.26. The van der Waals surface area contributed by atoms with Gasteiger partial charge in [-0.25, -0.2) is 4.79 Å². The molecule has 0 aliphatic rings.